The fraction of sp³-hybridized carbons (Fsp3) is 0.846. The molecule has 0 aromatic heterocycles. The lowest BCUT2D eigenvalue weighted by molar-refractivity contribution is 0.0560. The minimum absolute atomic E-state index is 0.625. The van der Waals surface area contributed by atoms with Crippen molar-refractivity contribution >= 4 is 0 Å². The van der Waals surface area contributed by atoms with Crippen LogP contribution in [0, 0.1) is 18.3 Å². The first kappa shape index (κ1) is 12.5. The molecule has 2 heteroatoms. The van der Waals surface area contributed by atoms with Crippen LogP contribution in [-0.4, -0.2) is 25.8 Å². The standard InChI is InChI=1S/C13H23NO/c1-3-4-5-6-9-14-12(2)13-7-10-15-11-8-13/h1,12-14H,4-11H2,2H3. The van der Waals surface area contributed by atoms with Gasteiger partial charge in [0.05, 0.1) is 0 Å². The number of nitrogens with one attached hydrogen (secondary N) is 1. The van der Waals surface area contributed by atoms with Crippen molar-refractivity contribution in [2.45, 2.75) is 45.1 Å². The molecule has 1 N–H and O–H groups in total. The van der Waals surface area contributed by atoms with E-state index < -0.39 is 0 Å². The van der Waals surface area contributed by atoms with Gasteiger partial charge in [0, 0.05) is 25.7 Å². The van der Waals surface area contributed by atoms with Crippen LogP contribution in [0.1, 0.15) is 39.0 Å². The van der Waals surface area contributed by atoms with Crippen LogP contribution < -0.4 is 5.32 Å². The SMILES string of the molecule is C#CCCCCNC(C)C1CCOCC1. The monoisotopic (exact) mass is 209 g/mol. The summed E-state index contributed by atoms with van der Waals surface area (Å²) in [6.07, 6.45) is 10.9. The molecule has 0 bridgehead atoms. The zero-order valence-electron chi connectivity index (χ0n) is 9.80. The lowest BCUT2D eigenvalue weighted by Gasteiger charge is -2.28. The Morgan fingerprint density at radius 3 is 2.80 bits per heavy atom. The van der Waals surface area contributed by atoms with Crippen LogP contribution in [0.15, 0.2) is 0 Å². The Morgan fingerprint density at radius 1 is 1.40 bits per heavy atom. The Morgan fingerprint density at radius 2 is 2.13 bits per heavy atom. The van der Waals surface area contributed by atoms with Gasteiger partial charge in [-0.2, -0.15) is 0 Å². The third kappa shape index (κ3) is 5.20. The van der Waals surface area contributed by atoms with Gasteiger partial charge in [-0.05, 0) is 45.1 Å². The molecule has 0 radical (unpaired) electrons. The summed E-state index contributed by atoms with van der Waals surface area (Å²) in [7, 11) is 0. The van der Waals surface area contributed by atoms with Crippen LogP contribution in [-0.2, 0) is 4.74 Å². The summed E-state index contributed by atoms with van der Waals surface area (Å²) in [4.78, 5) is 0. The Bertz CT molecular complexity index is 191. The highest BCUT2D eigenvalue weighted by atomic mass is 16.5. The second kappa shape index (κ2) is 7.73. The van der Waals surface area contributed by atoms with E-state index in [-0.39, 0.29) is 0 Å². The second-order valence-electron chi connectivity index (χ2n) is 4.35. The third-order valence-corrected chi connectivity index (χ3v) is 3.19. The van der Waals surface area contributed by atoms with Crippen molar-refractivity contribution in [2.24, 2.45) is 5.92 Å². The van der Waals surface area contributed by atoms with Gasteiger partial charge in [-0.3, -0.25) is 0 Å². The van der Waals surface area contributed by atoms with Crippen LogP contribution in [0.25, 0.3) is 0 Å². The van der Waals surface area contributed by atoms with E-state index in [2.05, 4.69) is 18.2 Å². The lowest BCUT2D eigenvalue weighted by atomic mass is 9.93. The van der Waals surface area contributed by atoms with Crippen molar-refractivity contribution in [3.63, 3.8) is 0 Å². The Kier molecular flexibility index (Phi) is 6.47. The molecule has 1 aliphatic heterocycles. The summed E-state index contributed by atoms with van der Waals surface area (Å²) < 4.78 is 5.36. The largest absolute Gasteiger partial charge is 0.381 e. The van der Waals surface area contributed by atoms with Crippen LogP contribution in [0.2, 0.25) is 0 Å². The molecule has 0 aliphatic carbocycles. The molecule has 1 aliphatic rings. The van der Waals surface area contributed by atoms with Gasteiger partial charge < -0.3 is 10.1 Å². The topological polar surface area (TPSA) is 21.3 Å². The molecule has 1 rings (SSSR count). The van der Waals surface area contributed by atoms with Crippen molar-refractivity contribution in [1.29, 1.82) is 0 Å². The minimum atomic E-state index is 0.625. The van der Waals surface area contributed by atoms with Gasteiger partial charge in [0.15, 0.2) is 0 Å². The highest BCUT2D eigenvalue weighted by Gasteiger charge is 2.19. The van der Waals surface area contributed by atoms with Crippen molar-refractivity contribution in [1.82, 2.24) is 5.32 Å². The van der Waals surface area contributed by atoms with E-state index in [0.29, 0.717) is 6.04 Å². The van der Waals surface area contributed by atoms with E-state index in [9.17, 15) is 0 Å². The smallest absolute Gasteiger partial charge is 0.0469 e. The van der Waals surface area contributed by atoms with Gasteiger partial charge >= 0.3 is 0 Å². The molecule has 0 spiro atoms. The van der Waals surface area contributed by atoms with Gasteiger partial charge in [0.2, 0.25) is 0 Å². The summed E-state index contributed by atoms with van der Waals surface area (Å²) in [6, 6.07) is 0.625. The Labute approximate surface area is 93.8 Å². The Balaban J connectivity index is 2.02. The molecule has 0 saturated carbocycles. The first-order valence-electron chi connectivity index (χ1n) is 6.09. The molecule has 15 heavy (non-hydrogen) atoms. The highest BCUT2D eigenvalue weighted by molar-refractivity contribution is 4.83. The number of terminal acetylenes is 1. The van der Waals surface area contributed by atoms with Crippen LogP contribution in [0.4, 0.5) is 0 Å². The minimum Gasteiger partial charge on any atom is -0.381 e. The first-order chi connectivity index (χ1) is 7.34. The van der Waals surface area contributed by atoms with Gasteiger partial charge in [-0.25, -0.2) is 0 Å². The molecule has 1 atom stereocenters. The molecule has 0 aromatic rings. The molecule has 1 saturated heterocycles. The van der Waals surface area contributed by atoms with Gasteiger partial charge in [-0.15, -0.1) is 12.3 Å². The number of rotatable bonds is 6. The number of unbranched alkanes of at least 4 members (excludes halogenated alkanes) is 2. The molecule has 2 nitrogen and oxygen atoms in total. The fourth-order valence-electron chi connectivity index (χ4n) is 2.06. The van der Waals surface area contributed by atoms with E-state index in [0.717, 1.165) is 38.5 Å². The van der Waals surface area contributed by atoms with Crippen molar-refractivity contribution in [3.8, 4) is 12.3 Å². The van der Waals surface area contributed by atoms with E-state index in [1.54, 1.807) is 0 Å². The molecular formula is C13H23NO. The van der Waals surface area contributed by atoms with Gasteiger partial charge in [0.25, 0.3) is 0 Å². The molecule has 1 unspecified atom stereocenters. The van der Waals surface area contributed by atoms with E-state index in [1.807, 2.05) is 0 Å². The van der Waals surface area contributed by atoms with Crippen LogP contribution in [0.3, 0.4) is 0 Å². The zero-order valence-corrected chi connectivity index (χ0v) is 9.80. The summed E-state index contributed by atoms with van der Waals surface area (Å²) in [6.45, 7) is 5.26. The number of ether oxygens (including phenoxy) is 1. The molecule has 0 aromatic carbocycles. The van der Waals surface area contributed by atoms with Crippen molar-refractivity contribution in [3.05, 3.63) is 0 Å². The molecule has 86 valence electrons. The van der Waals surface area contributed by atoms with E-state index in [1.165, 1.54) is 19.3 Å². The third-order valence-electron chi connectivity index (χ3n) is 3.19. The maximum Gasteiger partial charge on any atom is 0.0469 e. The number of hydrogen-bond donors (Lipinski definition) is 1. The molecule has 1 fully saturated rings. The van der Waals surface area contributed by atoms with Crippen molar-refractivity contribution in [2.75, 3.05) is 19.8 Å². The van der Waals surface area contributed by atoms with Crippen LogP contribution >= 0.6 is 0 Å². The molecule has 0 amide bonds. The summed E-state index contributed by atoms with van der Waals surface area (Å²) >= 11 is 0. The highest BCUT2D eigenvalue weighted by Crippen LogP contribution is 2.18. The van der Waals surface area contributed by atoms with Crippen molar-refractivity contribution < 1.29 is 4.74 Å². The molecule has 1 heterocycles. The average molecular weight is 209 g/mol. The predicted octanol–water partition coefficient (Wildman–Crippen LogP) is 2.19. The second-order valence-corrected chi connectivity index (χ2v) is 4.35. The normalized spacial score (nSPS) is 19.7. The predicted molar refractivity (Wildman–Crippen MR) is 63.7 cm³/mol. The number of hydrogen-bond acceptors (Lipinski definition) is 2. The summed E-state index contributed by atoms with van der Waals surface area (Å²) in [5, 5.41) is 3.59. The van der Waals surface area contributed by atoms with Crippen LogP contribution in [0.5, 0.6) is 0 Å². The summed E-state index contributed by atoms with van der Waals surface area (Å²) in [5.41, 5.74) is 0. The fourth-order valence-corrected chi connectivity index (χ4v) is 2.06. The average Bonchev–Trinajstić information content (AvgIpc) is 2.30. The Hall–Kier alpha value is -0.520. The maximum atomic E-state index is 5.36. The molecular weight excluding hydrogens is 186 g/mol. The lowest BCUT2D eigenvalue weighted by Crippen LogP contribution is -2.37. The first-order valence-corrected chi connectivity index (χ1v) is 6.09. The van der Waals surface area contributed by atoms with Gasteiger partial charge in [-0.1, -0.05) is 0 Å². The van der Waals surface area contributed by atoms with E-state index >= 15 is 0 Å². The van der Waals surface area contributed by atoms with E-state index in [4.69, 9.17) is 11.2 Å². The summed E-state index contributed by atoms with van der Waals surface area (Å²) in [5.74, 6) is 3.47. The zero-order chi connectivity index (χ0) is 10.9. The quantitative estimate of drug-likeness (QED) is 0.535. The van der Waals surface area contributed by atoms with Gasteiger partial charge in [0.1, 0.15) is 0 Å². The maximum absolute atomic E-state index is 5.36.